The molecular formula is C21H17N5O2S. The Bertz CT molecular complexity index is 1270. The lowest BCUT2D eigenvalue weighted by Gasteiger charge is -2.01. The molecule has 0 unspecified atom stereocenters. The topological polar surface area (TPSA) is 92.2 Å². The van der Waals surface area contributed by atoms with Crippen LogP contribution < -0.4 is 5.32 Å². The number of nitrogens with one attached hydrogen (secondary N) is 1. The first-order valence-corrected chi connectivity index (χ1v) is 9.67. The lowest BCUT2D eigenvalue weighted by molar-refractivity contribution is -0.112. The molecule has 8 heteroatoms. The van der Waals surface area contributed by atoms with Gasteiger partial charge < -0.3 is 14.3 Å². The minimum atomic E-state index is -0.688. The Kier molecular flexibility index (Phi) is 4.74. The number of ketones is 1. The molecule has 29 heavy (non-hydrogen) atoms. The van der Waals surface area contributed by atoms with Gasteiger partial charge >= 0.3 is 0 Å². The molecule has 4 rings (SSSR count). The lowest BCUT2D eigenvalue weighted by Crippen LogP contribution is -2.22. The molecule has 144 valence electrons. The van der Waals surface area contributed by atoms with E-state index in [4.69, 9.17) is 5.26 Å². The van der Waals surface area contributed by atoms with Crippen LogP contribution in [0.15, 0.2) is 48.8 Å². The highest BCUT2D eigenvalue weighted by atomic mass is 32.1. The Morgan fingerprint density at radius 3 is 2.62 bits per heavy atom. The number of hydrogen-bond acceptors (Lipinski definition) is 5. The van der Waals surface area contributed by atoms with Gasteiger partial charge in [-0.25, -0.2) is 0 Å². The third kappa shape index (κ3) is 3.56. The van der Waals surface area contributed by atoms with Crippen molar-refractivity contribution in [2.24, 2.45) is 7.05 Å². The van der Waals surface area contributed by atoms with Crippen molar-refractivity contribution in [3.63, 3.8) is 0 Å². The number of aryl methyl sites for hydroxylation is 2. The van der Waals surface area contributed by atoms with Gasteiger partial charge in [0.05, 0.1) is 22.9 Å². The Hall–Kier alpha value is -3.70. The van der Waals surface area contributed by atoms with E-state index in [9.17, 15) is 9.59 Å². The normalized spacial score (nSPS) is 10.8. The van der Waals surface area contributed by atoms with E-state index in [0.29, 0.717) is 28.2 Å². The van der Waals surface area contributed by atoms with Crippen LogP contribution in [-0.2, 0) is 18.3 Å². The number of nitrogens with zero attached hydrogens (tertiary/aromatic N) is 4. The van der Waals surface area contributed by atoms with Crippen LogP contribution in [0.3, 0.4) is 0 Å². The molecule has 0 aliphatic heterocycles. The molecule has 3 aromatic heterocycles. The summed E-state index contributed by atoms with van der Waals surface area (Å²) in [6.45, 7) is 1.82. The van der Waals surface area contributed by atoms with Gasteiger partial charge in [0.25, 0.3) is 11.7 Å². The molecule has 0 saturated carbocycles. The number of fused-ring (bicyclic) bond motifs is 1. The first-order valence-electron chi connectivity index (χ1n) is 8.89. The second-order valence-corrected chi connectivity index (χ2v) is 7.56. The van der Waals surface area contributed by atoms with Gasteiger partial charge in [-0.2, -0.15) is 9.64 Å². The van der Waals surface area contributed by atoms with Gasteiger partial charge in [0.1, 0.15) is 10.6 Å². The van der Waals surface area contributed by atoms with Crippen LogP contribution in [0.25, 0.3) is 5.65 Å². The maximum Gasteiger partial charge on any atom is 0.297 e. The Balaban J connectivity index is 1.65. The molecule has 0 aliphatic carbocycles. The van der Waals surface area contributed by atoms with Crippen molar-refractivity contribution in [3.05, 3.63) is 76.9 Å². The molecule has 0 spiro atoms. The molecule has 0 aliphatic rings. The second kappa shape index (κ2) is 7.37. The Labute approximate surface area is 171 Å². The van der Waals surface area contributed by atoms with Crippen LogP contribution in [0.4, 0.5) is 5.00 Å². The van der Waals surface area contributed by atoms with Gasteiger partial charge in [-0.3, -0.25) is 9.59 Å². The number of nitriles is 1. The maximum atomic E-state index is 12.9. The van der Waals surface area contributed by atoms with E-state index >= 15 is 0 Å². The summed E-state index contributed by atoms with van der Waals surface area (Å²) in [6, 6.07) is 12.9. The van der Waals surface area contributed by atoms with Gasteiger partial charge in [-0.1, -0.05) is 12.1 Å². The number of anilines is 1. The number of hydrogen-bond donors (Lipinski definition) is 1. The van der Waals surface area contributed by atoms with Gasteiger partial charge in [-0.05, 0) is 48.3 Å². The number of rotatable bonds is 5. The fraction of sp³-hybridized carbons (Fsp3) is 0.143. The van der Waals surface area contributed by atoms with Crippen molar-refractivity contribution in [1.82, 2.24) is 13.3 Å². The van der Waals surface area contributed by atoms with Crippen molar-refractivity contribution >= 4 is 33.9 Å². The van der Waals surface area contributed by atoms with Crippen LogP contribution in [0.1, 0.15) is 32.9 Å². The monoisotopic (exact) mass is 403 g/mol. The summed E-state index contributed by atoms with van der Waals surface area (Å²) in [5.74, 6) is -1.28. The number of amides is 1. The summed E-state index contributed by atoms with van der Waals surface area (Å²) in [7, 11) is 1.84. The van der Waals surface area contributed by atoms with E-state index in [-0.39, 0.29) is 0 Å². The standard InChI is InChI=1S/C21H17N5O2S/c1-13-9-18(29-24-13)23-20(28)19(27)17-11-16(26-8-7-25(2)21(17)26)10-14-3-5-15(12-22)6-4-14/h3-9,11H,10H2,1-2H3,(H,23,28). The van der Waals surface area contributed by atoms with Crippen LogP contribution in [-0.4, -0.2) is 25.0 Å². The molecule has 7 nitrogen and oxygen atoms in total. The summed E-state index contributed by atoms with van der Waals surface area (Å²) in [5, 5.41) is 12.1. The SMILES string of the molecule is Cc1cc(NC(=O)C(=O)c2cc(Cc3ccc(C#N)cc3)n3ccn(C)c23)sn1. The molecule has 1 N–H and O–H groups in total. The first kappa shape index (κ1) is 18.7. The third-order valence-corrected chi connectivity index (χ3v) is 5.44. The molecule has 0 radical (unpaired) electrons. The summed E-state index contributed by atoms with van der Waals surface area (Å²) < 4.78 is 7.84. The fourth-order valence-electron chi connectivity index (χ4n) is 3.25. The predicted molar refractivity (Wildman–Crippen MR) is 110 cm³/mol. The number of imidazole rings is 1. The van der Waals surface area contributed by atoms with E-state index in [0.717, 1.165) is 28.5 Å². The molecule has 0 saturated heterocycles. The third-order valence-electron chi connectivity index (χ3n) is 4.65. The van der Waals surface area contributed by atoms with Crippen molar-refractivity contribution in [1.29, 1.82) is 5.26 Å². The zero-order valence-electron chi connectivity index (χ0n) is 15.8. The zero-order valence-corrected chi connectivity index (χ0v) is 16.7. The van der Waals surface area contributed by atoms with Crippen LogP contribution >= 0.6 is 11.5 Å². The van der Waals surface area contributed by atoms with Crippen molar-refractivity contribution in [3.8, 4) is 6.07 Å². The fourth-order valence-corrected chi connectivity index (χ4v) is 3.91. The van der Waals surface area contributed by atoms with Gasteiger partial charge in [-0.15, -0.1) is 0 Å². The van der Waals surface area contributed by atoms with E-state index in [1.165, 1.54) is 0 Å². The first-order chi connectivity index (χ1) is 14.0. The highest BCUT2D eigenvalue weighted by Gasteiger charge is 2.24. The quantitative estimate of drug-likeness (QED) is 0.409. The van der Waals surface area contributed by atoms with Crippen LogP contribution in [0, 0.1) is 18.3 Å². The highest BCUT2D eigenvalue weighted by molar-refractivity contribution is 7.10. The zero-order chi connectivity index (χ0) is 20.5. The minimum Gasteiger partial charge on any atom is -0.335 e. The maximum absolute atomic E-state index is 12.9. The van der Waals surface area contributed by atoms with E-state index < -0.39 is 11.7 Å². The summed E-state index contributed by atoms with van der Waals surface area (Å²) in [6.07, 6.45) is 4.29. The Morgan fingerprint density at radius 1 is 1.21 bits per heavy atom. The van der Waals surface area contributed by atoms with Gasteiger partial charge in [0, 0.05) is 31.6 Å². The summed E-state index contributed by atoms with van der Waals surface area (Å²) >= 11 is 1.14. The second-order valence-electron chi connectivity index (χ2n) is 6.75. The molecule has 1 amide bonds. The predicted octanol–water partition coefficient (Wildman–Crippen LogP) is 3.33. The Morgan fingerprint density at radius 2 is 1.97 bits per heavy atom. The number of aromatic nitrogens is 3. The molecule has 3 heterocycles. The van der Waals surface area contributed by atoms with Gasteiger partial charge in [0.15, 0.2) is 0 Å². The lowest BCUT2D eigenvalue weighted by atomic mass is 10.1. The minimum absolute atomic E-state index is 0.347. The van der Waals surface area contributed by atoms with E-state index in [1.54, 1.807) is 24.3 Å². The average molecular weight is 403 g/mol. The van der Waals surface area contributed by atoms with Crippen LogP contribution in [0.2, 0.25) is 0 Å². The van der Waals surface area contributed by atoms with Crippen LogP contribution in [0.5, 0.6) is 0 Å². The van der Waals surface area contributed by atoms with E-state index in [2.05, 4.69) is 15.8 Å². The number of benzene rings is 1. The van der Waals surface area contributed by atoms with Crippen molar-refractivity contribution < 1.29 is 9.59 Å². The van der Waals surface area contributed by atoms with E-state index in [1.807, 2.05) is 47.5 Å². The number of carbonyl (C=O) groups is 2. The average Bonchev–Trinajstić information content (AvgIpc) is 3.40. The molecular weight excluding hydrogens is 386 g/mol. The van der Waals surface area contributed by atoms with Crippen molar-refractivity contribution in [2.45, 2.75) is 13.3 Å². The highest BCUT2D eigenvalue weighted by Crippen LogP contribution is 2.22. The summed E-state index contributed by atoms with van der Waals surface area (Å²) in [4.78, 5) is 25.4. The molecule has 0 fully saturated rings. The molecule has 0 atom stereocenters. The van der Waals surface area contributed by atoms with Gasteiger partial charge in [0.2, 0.25) is 0 Å². The number of Topliss-reactive ketones (excluding diaryl/α,β-unsaturated/α-hetero) is 1. The smallest absolute Gasteiger partial charge is 0.297 e. The molecule has 1 aromatic carbocycles. The summed E-state index contributed by atoms with van der Waals surface area (Å²) in [5.41, 5.74) is 4.29. The largest absolute Gasteiger partial charge is 0.335 e. The molecule has 4 aromatic rings. The number of carbonyl (C=O) groups excluding carboxylic acids is 2. The van der Waals surface area contributed by atoms with Crippen molar-refractivity contribution in [2.75, 3.05) is 5.32 Å². The molecule has 0 bridgehead atoms.